The van der Waals surface area contributed by atoms with E-state index < -0.39 is 0 Å². The number of rotatable bonds is 10. The molecule has 0 saturated carbocycles. The van der Waals surface area contributed by atoms with Gasteiger partial charge in [0.1, 0.15) is 0 Å². The third kappa shape index (κ3) is 5.80. The molecule has 0 aromatic heterocycles. The van der Waals surface area contributed by atoms with E-state index in [0.29, 0.717) is 20.1 Å². The van der Waals surface area contributed by atoms with Crippen LogP contribution in [0.3, 0.4) is 0 Å². The SMILES string of the molecule is CCCCc1c(CCCC)c(-c2ccccc2)c2c(c1-c1ccccc1)-c1ccc3c4c(-c5c(Cl)cccc5Cl)c5c6ccc7c8c(ccc(c5c(-c5c(Cl)cccc5Cl)c4c4ccc-2c1c34)c86)CC7. The Morgan fingerprint density at radius 2 is 0.686 bits per heavy atom. The van der Waals surface area contributed by atoms with Gasteiger partial charge < -0.3 is 0 Å². The maximum absolute atomic E-state index is 7.51. The Labute approximate surface area is 428 Å². The first-order valence-electron chi connectivity index (χ1n) is 25.0. The molecule has 0 saturated heterocycles. The van der Waals surface area contributed by atoms with Crippen LogP contribution in [0.1, 0.15) is 61.8 Å². The number of aryl methyl sites for hydroxylation is 2. The molecule has 2 aliphatic carbocycles. The number of benzene rings is 10. The first-order chi connectivity index (χ1) is 34.4. The van der Waals surface area contributed by atoms with Crippen LogP contribution in [0.15, 0.2) is 146 Å². The summed E-state index contributed by atoms with van der Waals surface area (Å²) >= 11 is 30.0. The zero-order valence-corrected chi connectivity index (χ0v) is 42.0. The minimum absolute atomic E-state index is 0.620. The maximum atomic E-state index is 7.51. The van der Waals surface area contributed by atoms with E-state index >= 15 is 0 Å². The summed E-state index contributed by atoms with van der Waals surface area (Å²) in [5.74, 6) is 0. The molecule has 12 aromatic rings. The minimum Gasteiger partial charge on any atom is -0.0836 e. The van der Waals surface area contributed by atoms with E-state index in [1.165, 1.54) is 110 Å². The van der Waals surface area contributed by atoms with E-state index in [9.17, 15) is 0 Å². The van der Waals surface area contributed by atoms with Gasteiger partial charge in [-0.05, 0) is 194 Å². The summed E-state index contributed by atoms with van der Waals surface area (Å²) in [7, 11) is 0. The summed E-state index contributed by atoms with van der Waals surface area (Å²) in [5, 5.41) is 16.9. The quantitative estimate of drug-likeness (QED) is 0.128. The normalized spacial score (nSPS) is 12.9. The standard InChI is InChI=1S/C66H46Cl4/c1-3-5-19-39-40(20-6-4-2)53(36-17-11-8-12-18-36)58-44-32-34-46-56-45(33-31-43(55(44)56)57(58)52(39)35-15-9-7-10-16-35)61-62(46)66(64-49(69)23-14-24-50(64)70)60-42-30-28-38-26-25-37-27-29-41(54(42)51(37)38)59(60)65(61)63-47(67)21-13-22-48(63)68/h7-18,21-24,27-34H,3-6,19-20,25-26H2,1-2H3. The summed E-state index contributed by atoms with van der Waals surface area (Å²) < 4.78 is 0. The molecule has 0 spiro atoms. The molecule has 0 unspecified atom stereocenters. The van der Waals surface area contributed by atoms with Crippen LogP contribution in [-0.2, 0) is 25.7 Å². The number of hydrogen-bond acceptors (Lipinski definition) is 0. The Kier molecular flexibility index (Phi) is 9.89. The Bertz CT molecular complexity index is 3870. The van der Waals surface area contributed by atoms with Crippen LogP contribution in [0.25, 0.3) is 131 Å². The summed E-state index contributed by atoms with van der Waals surface area (Å²) in [6.45, 7) is 4.64. The van der Waals surface area contributed by atoms with Crippen molar-refractivity contribution in [1.29, 1.82) is 0 Å². The third-order valence-electron chi connectivity index (χ3n) is 16.1. The average molecular weight is 981 g/mol. The molecule has 0 atom stereocenters. The van der Waals surface area contributed by atoms with Crippen molar-refractivity contribution >= 4 is 111 Å². The van der Waals surface area contributed by atoms with Crippen molar-refractivity contribution in [1.82, 2.24) is 0 Å². The Morgan fingerprint density at radius 3 is 1.07 bits per heavy atom. The summed E-state index contributed by atoms with van der Waals surface area (Å²) in [5.41, 5.74) is 20.2. The van der Waals surface area contributed by atoms with Crippen LogP contribution in [0.4, 0.5) is 0 Å². The van der Waals surface area contributed by atoms with Gasteiger partial charge in [-0.25, -0.2) is 0 Å². The van der Waals surface area contributed by atoms with Crippen LogP contribution in [0.5, 0.6) is 0 Å². The van der Waals surface area contributed by atoms with Gasteiger partial charge >= 0.3 is 0 Å². The number of hydrogen-bond donors (Lipinski definition) is 0. The van der Waals surface area contributed by atoms with E-state index in [1.807, 2.05) is 36.4 Å². The van der Waals surface area contributed by atoms with E-state index in [2.05, 4.69) is 123 Å². The van der Waals surface area contributed by atoms with Gasteiger partial charge in [-0.2, -0.15) is 0 Å². The molecular formula is C66H46Cl4. The van der Waals surface area contributed by atoms with Gasteiger partial charge in [0.15, 0.2) is 0 Å². The van der Waals surface area contributed by atoms with Crippen LogP contribution < -0.4 is 0 Å². The van der Waals surface area contributed by atoms with Gasteiger partial charge in [0.2, 0.25) is 0 Å². The second-order valence-electron chi connectivity index (χ2n) is 19.7. The highest BCUT2D eigenvalue weighted by Gasteiger charge is 2.37. The molecule has 0 radical (unpaired) electrons. The van der Waals surface area contributed by atoms with Crippen LogP contribution in [0.2, 0.25) is 20.1 Å². The Morgan fingerprint density at radius 1 is 0.314 bits per heavy atom. The Balaban J connectivity index is 1.24. The molecule has 70 heavy (non-hydrogen) atoms. The molecule has 4 heteroatoms. The van der Waals surface area contributed by atoms with Crippen molar-refractivity contribution in [3.05, 3.63) is 188 Å². The van der Waals surface area contributed by atoms with Gasteiger partial charge in [-0.3, -0.25) is 0 Å². The minimum atomic E-state index is 0.620. The second kappa shape index (κ2) is 16.2. The highest BCUT2D eigenvalue weighted by atomic mass is 35.5. The molecule has 0 bridgehead atoms. The van der Waals surface area contributed by atoms with Crippen molar-refractivity contribution < 1.29 is 0 Å². The largest absolute Gasteiger partial charge is 0.0836 e. The lowest BCUT2D eigenvalue weighted by atomic mass is 9.78. The predicted octanol–water partition coefficient (Wildman–Crippen LogP) is 21.2. The summed E-state index contributed by atoms with van der Waals surface area (Å²) in [4.78, 5) is 0. The first-order valence-corrected chi connectivity index (χ1v) is 26.5. The van der Waals surface area contributed by atoms with E-state index in [0.717, 1.165) is 95.2 Å². The fraction of sp³-hybridized carbons (Fsp3) is 0.152. The van der Waals surface area contributed by atoms with Gasteiger partial charge in [0, 0.05) is 42.3 Å². The van der Waals surface area contributed by atoms with Crippen molar-refractivity contribution in [3.63, 3.8) is 0 Å². The molecular weight excluding hydrogens is 935 g/mol. The number of halogens is 4. The van der Waals surface area contributed by atoms with Crippen LogP contribution in [0, 0.1) is 0 Å². The highest BCUT2D eigenvalue weighted by Crippen LogP contribution is 2.63. The monoisotopic (exact) mass is 978 g/mol. The van der Waals surface area contributed by atoms with Gasteiger partial charge in [-0.15, -0.1) is 0 Å². The van der Waals surface area contributed by atoms with Crippen molar-refractivity contribution in [2.75, 3.05) is 0 Å². The van der Waals surface area contributed by atoms with Gasteiger partial charge in [0.25, 0.3) is 0 Å². The summed E-state index contributed by atoms with van der Waals surface area (Å²) in [6, 6.07) is 53.4. The van der Waals surface area contributed by atoms with Crippen molar-refractivity contribution in [3.8, 4) is 66.8 Å². The number of fused-ring (bicyclic) bond motifs is 9. The van der Waals surface area contributed by atoms with E-state index in [1.54, 1.807) is 0 Å². The topological polar surface area (TPSA) is 0 Å². The zero-order valence-electron chi connectivity index (χ0n) is 39.0. The number of unbranched alkanes of at least 4 members (excludes halogenated alkanes) is 2. The molecule has 0 nitrogen and oxygen atoms in total. The molecule has 0 aliphatic heterocycles. The van der Waals surface area contributed by atoms with Crippen LogP contribution in [-0.4, -0.2) is 0 Å². The van der Waals surface area contributed by atoms with Gasteiger partial charge in [0.05, 0.1) is 0 Å². The highest BCUT2D eigenvalue weighted by molar-refractivity contribution is 6.52. The molecule has 0 fully saturated rings. The predicted molar refractivity (Wildman–Crippen MR) is 305 cm³/mol. The molecule has 0 heterocycles. The maximum Gasteiger partial charge on any atom is 0.0499 e. The van der Waals surface area contributed by atoms with Crippen LogP contribution >= 0.6 is 46.4 Å². The lowest BCUT2D eigenvalue weighted by Crippen LogP contribution is -2.05. The Hall–Kier alpha value is -6.12. The lowest BCUT2D eigenvalue weighted by molar-refractivity contribution is 0.760. The first kappa shape index (κ1) is 42.7. The molecule has 0 N–H and O–H groups in total. The molecule has 12 aromatic carbocycles. The lowest BCUT2D eigenvalue weighted by Gasteiger charge is -2.26. The fourth-order valence-corrected chi connectivity index (χ4v) is 14.5. The van der Waals surface area contributed by atoms with Gasteiger partial charge in [-0.1, -0.05) is 194 Å². The van der Waals surface area contributed by atoms with Crippen molar-refractivity contribution in [2.24, 2.45) is 0 Å². The molecule has 2 aliphatic rings. The fourth-order valence-electron chi connectivity index (χ4n) is 13.4. The molecule has 14 rings (SSSR count). The van der Waals surface area contributed by atoms with Crippen molar-refractivity contribution in [2.45, 2.75) is 65.2 Å². The second-order valence-corrected chi connectivity index (χ2v) is 21.3. The molecule has 0 amide bonds. The zero-order chi connectivity index (χ0) is 47.1. The van der Waals surface area contributed by atoms with E-state index in [4.69, 9.17) is 46.4 Å². The third-order valence-corrected chi connectivity index (χ3v) is 17.4. The van der Waals surface area contributed by atoms with E-state index in [-0.39, 0.29) is 0 Å². The summed E-state index contributed by atoms with van der Waals surface area (Å²) in [6.07, 6.45) is 8.61. The smallest absolute Gasteiger partial charge is 0.0499 e. The average Bonchev–Trinajstić information content (AvgIpc) is 4.13. The molecule has 338 valence electrons.